The van der Waals surface area contributed by atoms with Crippen molar-refractivity contribution in [3.63, 3.8) is 0 Å². The molecule has 2 fully saturated rings. The second-order valence-corrected chi connectivity index (χ2v) is 7.98. The molecule has 9 nitrogen and oxygen atoms in total. The van der Waals surface area contributed by atoms with Crippen molar-refractivity contribution < 1.29 is 18.0 Å². The summed E-state index contributed by atoms with van der Waals surface area (Å²) < 4.78 is 23.7. The molecule has 2 saturated heterocycles. The number of nitrogens with one attached hydrogen (secondary N) is 2. The summed E-state index contributed by atoms with van der Waals surface area (Å²) in [6, 6.07) is 0.204. The summed E-state index contributed by atoms with van der Waals surface area (Å²) in [7, 11) is -3.66. The van der Waals surface area contributed by atoms with Gasteiger partial charge in [-0.25, -0.2) is 9.93 Å². The summed E-state index contributed by atoms with van der Waals surface area (Å²) in [4.78, 5) is 25.0. The number of amides is 3. The highest BCUT2D eigenvalue weighted by atomic mass is 32.2. The smallest absolute Gasteiger partial charge is 0.315 e. The minimum absolute atomic E-state index is 0.0632. The van der Waals surface area contributed by atoms with E-state index in [1.165, 1.54) is 4.31 Å². The first-order valence-corrected chi connectivity index (χ1v) is 9.90. The zero-order chi connectivity index (χ0) is 17.7. The number of rotatable bonds is 7. The minimum atomic E-state index is -3.66. The average Bonchev–Trinajstić information content (AvgIpc) is 2.84. The van der Waals surface area contributed by atoms with Crippen LogP contribution in [0.3, 0.4) is 0 Å². The molecule has 3 amide bonds. The van der Waals surface area contributed by atoms with E-state index in [4.69, 9.17) is 5.14 Å². The monoisotopic (exact) mass is 361 g/mol. The number of urea groups is 1. The molecule has 0 aliphatic carbocycles. The molecule has 4 N–H and O–H groups in total. The third-order valence-electron chi connectivity index (χ3n) is 4.64. The third kappa shape index (κ3) is 5.32. The maximum Gasteiger partial charge on any atom is 0.315 e. The highest BCUT2D eigenvalue weighted by Crippen LogP contribution is 2.13. The topological polar surface area (TPSA) is 125 Å². The van der Waals surface area contributed by atoms with Crippen LogP contribution in [-0.2, 0) is 15.0 Å². The number of nitrogens with two attached hydrogens (primary N) is 1. The van der Waals surface area contributed by atoms with Crippen molar-refractivity contribution in [2.24, 2.45) is 5.14 Å². The van der Waals surface area contributed by atoms with Gasteiger partial charge < -0.3 is 15.5 Å². The van der Waals surface area contributed by atoms with Crippen LogP contribution in [0.25, 0.3) is 0 Å². The summed E-state index contributed by atoms with van der Waals surface area (Å²) in [6.45, 7) is 3.29. The van der Waals surface area contributed by atoms with Gasteiger partial charge in [0.2, 0.25) is 5.91 Å². The number of carbonyl (C=O) groups is 2. The molecule has 2 aliphatic heterocycles. The van der Waals surface area contributed by atoms with Gasteiger partial charge in [0, 0.05) is 38.6 Å². The standard InChI is InChI=1S/C14H27N5O4S/c1-11-12(17-14(21)16-11)5-3-2-4-6-13(20)18-7-9-19(10-8-18)24(15,22)23/h11-12H,2-10H2,1H3,(H2,15,22,23)(H2,16,17,21)/t11-,12+/m0/s1. The Morgan fingerprint density at radius 1 is 1.17 bits per heavy atom. The average molecular weight is 361 g/mol. The van der Waals surface area contributed by atoms with E-state index in [9.17, 15) is 18.0 Å². The Bertz CT molecular complexity index is 560. The van der Waals surface area contributed by atoms with Crippen molar-refractivity contribution in [3.05, 3.63) is 0 Å². The maximum atomic E-state index is 12.1. The van der Waals surface area contributed by atoms with Crippen molar-refractivity contribution in [1.29, 1.82) is 0 Å². The van der Waals surface area contributed by atoms with Crippen molar-refractivity contribution >= 4 is 22.1 Å². The van der Waals surface area contributed by atoms with Crippen LogP contribution in [0.5, 0.6) is 0 Å². The van der Waals surface area contributed by atoms with Gasteiger partial charge in [-0.1, -0.05) is 12.8 Å². The van der Waals surface area contributed by atoms with Gasteiger partial charge >= 0.3 is 6.03 Å². The van der Waals surface area contributed by atoms with E-state index in [1.54, 1.807) is 4.90 Å². The second kappa shape index (κ2) is 8.13. The number of carbonyl (C=O) groups excluding carboxylic acids is 2. The fraction of sp³-hybridized carbons (Fsp3) is 0.857. The van der Waals surface area contributed by atoms with E-state index >= 15 is 0 Å². The van der Waals surface area contributed by atoms with E-state index in [0.717, 1.165) is 25.7 Å². The van der Waals surface area contributed by atoms with Gasteiger partial charge in [0.25, 0.3) is 10.2 Å². The zero-order valence-electron chi connectivity index (χ0n) is 14.0. The van der Waals surface area contributed by atoms with Crippen LogP contribution in [0.4, 0.5) is 4.79 Å². The number of hydrogen-bond acceptors (Lipinski definition) is 4. The summed E-state index contributed by atoms with van der Waals surface area (Å²) in [5.41, 5.74) is 0. The van der Waals surface area contributed by atoms with Crippen molar-refractivity contribution in [3.8, 4) is 0 Å². The highest BCUT2D eigenvalue weighted by Gasteiger charge is 2.27. The lowest BCUT2D eigenvalue weighted by Crippen LogP contribution is -2.52. The number of hydrogen-bond donors (Lipinski definition) is 3. The summed E-state index contributed by atoms with van der Waals surface area (Å²) in [6.07, 6.45) is 4.07. The van der Waals surface area contributed by atoms with Crippen molar-refractivity contribution in [2.45, 2.75) is 51.1 Å². The first kappa shape index (κ1) is 18.9. The first-order chi connectivity index (χ1) is 11.3. The number of unbranched alkanes of at least 4 members (excludes halogenated alkanes) is 2. The van der Waals surface area contributed by atoms with E-state index < -0.39 is 10.2 Å². The van der Waals surface area contributed by atoms with Crippen LogP contribution >= 0.6 is 0 Å². The van der Waals surface area contributed by atoms with Crippen molar-refractivity contribution in [1.82, 2.24) is 19.8 Å². The predicted octanol–water partition coefficient (Wildman–Crippen LogP) is -0.645. The highest BCUT2D eigenvalue weighted by molar-refractivity contribution is 7.86. The lowest BCUT2D eigenvalue weighted by Gasteiger charge is -2.33. The van der Waals surface area contributed by atoms with E-state index in [-0.39, 0.29) is 37.1 Å². The molecule has 0 aromatic carbocycles. The molecule has 138 valence electrons. The number of nitrogens with zero attached hydrogens (tertiary/aromatic N) is 2. The van der Waals surface area contributed by atoms with Crippen LogP contribution in [0.1, 0.15) is 39.0 Å². The minimum Gasteiger partial charge on any atom is -0.340 e. The molecule has 0 unspecified atom stereocenters. The molecule has 2 atom stereocenters. The van der Waals surface area contributed by atoms with Crippen LogP contribution in [0, 0.1) is 0 Å². The lowest BCUT2D eigenvalue weighted by atomic mass is 10.0. The quantitative estimate of drug-likeness (QED) is 0.521. The van der Waals surface area contributed by atoms with Crippen LogP contribution < -0.4 is 15.8 Å². The Hall–Kier alpha value is -1.39. The Kier molecular flexibility index (Phi) is 6.41. The molecule has 0 bridgehead atoms. The zero-order valence-corrected chi connectivity index (χ0v) is 14.8. The fourth-order valence-electron chi connectivity index (χ4n) is 3.13. The lowest BCUT2D eigenvalue weighted by molar-refractivity contribution is -0.132. The molecule has 2 heterocycles. The molecule has 2 aliphatic rings. The van der Waals surface area contributed by atoms with Crippen LogP contribution in [-0.4, -0.2) is 67.8 Å². The van der Waals surface area contributed by atoms with Gasteiger partial charge in [0.05, 0.1) is 6.04 Å². The molecule has 0 radical (unpaired) electrons. The van der Waals surface area contributed by atoms with Gasteiger partial charge in [0.1, 0.15) is 0 Å². The van der Waals surface area contributed by atoms with Crippen LogP contribution in [0.2, 0.25) is 0 Å². The summed E-state index contributed by atoms with van der Waals surface area (Å²) in [5.74, 6) is 0.0632. The molecule has 10 heteroatoms. The van der Waals surface area contributed by atoms with Crippen LogP contribution in [0.15, 0.2) is 0 Å². The van der Waals surface area contributed by atoms with Gasteiger partial charge in [-0.3, -0.25) is 4.79 Å². The largest absolute Gasteiger partial charge is 0.340 e. The summed E-state index contributed by atoms with van der Waals surface area (Å²) >= 11 is 0. The van der Waals surface area contributed by atoms with Gasteiger partial charge in [0.15, 0.2) is 0 Å². The van der Waals surface area contributed by atoms with E-state index in [1.807, 2.05) is 6.92 Å². The molecular formula is C14H27N5O4S. The van der Waals surface area contributed by atoms with E-state index in [0.29, 0.717) is 19.5 Å². The molecule has 0 saturated carbocycles. The number of piperazine rings is 1. The Balaban J connectivity index is 1.58. The Morgan fingerprint density at radius 3 is 2.38 bits per heavy atom. The predicted molar refractivity (Wildman–Crippen MR) is 89.3 cm³/mol. The normalized spacial score (nSPS) is 25.4. The first-order valence-electron chi connectivity index (χ1n) is 8.40. The fourth-order valence-corrected chi connectivity index (χ4v) is 3.80. The molecule has 24 heavy (non-hydrogen) atoms. The summed E-state index contributed by atoms with van der Waals surface area (Å²) in [5, 5.41) is 10.8. The molecule has 2 rings (SSSR count). The molecule has 0 spiro atoms. The van der Waals surface area contributed by atoms with Gasteiger partial charge in [-0.2, -0.15) is 12.7 Å². The molecule has 0 aromatic rings. The third-order valence-corrected chi connectivity index (χ3v) is 5.72. The second-order valence-electron chi connectivity index (χ2n) is 6.44. The van der Waals surface area contributed by atoms with Gasteiger partial charge in [-0.15, -0.1) is 0 Å². The van der Waals surface area contributed by atoms with Crippen molar-refractivity contribution in [2.75, 3.05) is 26.2 Å². The van der Waals surface area contributed by atoms with Gasteiger partial charge in [-0.05, 0) is 19.8 Å². The van der Waals surface area contributed by atoms with E-state index in [2.05, 4.69) is 10.6 Å². The Labute approximate surface area is 143 Å². The molecule has 0 aromatic heterocycles. The maximum absolute atomic E-state index is 12.1. The molecular weight excluding hydrogens is 334 g/mol. The Morgan fingerprint density at radius 2 is 1.83 bits per heavy atom. The SMILES string of the molecule is C[C@@H]1NC(=O)N[C@@H]1CCCCCC(=O)N1CCN(S(N)(=O)=O)CC1.